The van der Waals surface area contributed by atoms with Crippen LogP contribution in [0.4, 0.5) is 0 Å². The molecule has 1 fully saturated rings. The molecule has 0 unspecified atom stereocenters. The Balaban J connectivity index is 2.61. The third kappa shape index (κ3) is 2.73. The Bertz CT molecular complexity index is 208. The number of carboxylic acids is 1. The van der Waals surface area contributed by atoms with Gasteiger partial charge in [0.1, 0.15) is 0 Å². The van der Waals surface area contributed by atoms with Crippen LogP contribution >= 0.6 is 0 Å². The molecule has 0 amide bonds. The molecular formula is C12H22O2. The van der Waals surface area contributed by atoms with Crippen LogP contribution in [0.25, 0.3) is 0 Å². The number of rotatable bonds is 3. The highest BCUT2D eigenvalue weighted by atomic mass is 16.4. The van der Waals surface area contributed by atoms with E-state index in [0.29, 0.717) is 11.8 Å². The minimum Gasteiger partial charge on any atom is -0.481 e. The molecule has 14 heavy (non-hydrogen) atoms. The predicted octanol–water partition coefficient (Wildman–Crippen LogP) is 3.46. The lowest BCUT2D eigenvalue weighted by Gasteiger charge is -2.42. The van der Waals surface area contributed by atoms with Crippen LogP contribution in [0.5, 0.6) is 0 Å². The van der Waals surface area contributed by atoms with Crippen LogP contribution in [-0.4, -0.2) is 11.1 Å². The predicted molar refractivity (Wildman–Crippen MR) is 57.2 cm³/mol. The van der Waals surface area contributed by atoms with Crippen LogP contribution in [0.15, 0.2) is 0 Å². The highest BCUT2D eigenvalue weighted by Gasteiger charge is 2.38. The van der Waals surface area contributed by atoms with E-state index in [1.807, 2.05) is 0 Å². The zero-order chi connectivity index (χ0) is 10.8. The molecular weight excluding hydrogens is 176 g/mol. The van der Waals surface area contributed by atoms with Gasteiger partial charge in [-0.05, 0) is 42.9 Å². The molecule has 0 radical (unpaired) electrons. The van der Waals surface area contributed by atoms with Crippen molar-refractivity contribution in [2.45, 2.75) is 59.3 Å². The first-order valence-electron chi connectivity index (χ1n) is 5.61. The van der Waals surface area contributed by atoms with E-state index < -0.39 is 5.97 Å². The van der Waals surface area contributed by atoms with Gasteiger partial charge < -0.3 is 5.11 Å². The molecule has 0 bridgehead atoms. The van der Waals surface area contributed by atoms with Gasteiger partial charge in [-0.3, -0.25) is 4.79 Å². The van der Waals surface area contributed by atoms with E-state index in [0.717, 1.165) is 19.3 Å². The summed E-state index contributed by atoms with van der Waals surface area (Å²) in [5.74, 6) is -0.633. The summed E-state index contributed by atoms with van der Waals surface area (Å²) in [5, 5.41) is 8.89. The van der Waals surface area contributed by atoms with Gasteiger partial charge in [-0.25, -0.2) is 0 Å². The van der Waals surface area contributed by atoms with Crippen molar-refractivity contribution in [3.05, 3.63) is 0 Å². The van der Waals surface area contributed by atoms with Crippen molar-refractivity contribution in [2.75, 3.05) is 0 Å². The lowest BCUT2D eigenvalue weighted by atomic mass is 9.63. The first-order valence-corrected chi connectivity index (χ1v) is 5.61. The molecule has 1 N–H and O–H groups in total. The van der Waals surface area contributed by atoms with E-state index in [1.165, 1.54) is 12.8 Å². The normalized spacial score (nSPS) is 24.5. The minimum atomic E-state index is -0.633. The molecule has 82 valence electrons. The standard InChI is InChI=1S/C12H22O2/c1-4-12(9-10(13)14)7-5-11(2,3)6-8-12/h4-9H2,1-3H3,(H,13,14). The van der Waals surface area contributed by atoms with Crippen molar-refractivity contribution in [1.29, 1.82) is 0 Å². The maximum Gasteiger partial charge on any atom is 0.303 e. The Morgan fingerprint density at radius 2 is 1.71 bits per heavy atom. The number of aliphatic carboxylic acids is 1. The third-order valence-corrected chi connectivity index (χ3v) is 3.94. The summed E-state index contributed by atoms with van der Waals surface area (Å²) in [7, 11) is 0. The van der Waals surface area contributed by atoms with Crippen molar-refractivity contribution in [2.24, 2.45) is 10.8 Å². The van der Waals surface area contributed by atoms with E-state index >= 15 is 0 Å². The van der Waals surface area contributed by atoms with Gasteiger partial charge in [0.25, 0.3) is 0 Å². The summed E-state index contributed by atoms with van der Waals surface area (Å²) < 4.78 is 0. The SMILES string of the molecule is CCC1(CC(=O)O)CCC(C)(C)CC1. The maximum atomic E-state index is 10.8. The zero-order valence-electron chi connectivity index (χ0n) is 9.60. The quantitative estimate of drug-likeness (QED) is 0.754. The molecule has 0 spiro atoms. The highest BCUT2D eigenvalue weighted by molar-refractivity contribution is 5.67. The average Bonchev–Trinajstić information content (AvgIpc) is 2.09. The van der Waals surface area contributed by atoms with E-state index in [9.17, 15) is 4.79 Å². The zero-order valence-corrected chi connectivity index (χ0v) is 9.60. The van der Waals surface area contributed by atoms with Crippen molar-refractivity contribution < 1.29 is 9.90 Å². The van der Waals surface area contributed by atoms with E-state index in [2.05, 4.69) is 20.8 Å². The van der Waals surface area contributed by atoms with Gasteiger partial charge in [-0.15, -0.1) is 0 Å². The second-order valence-electron chi connectivity index (χ2n) is 5.59. The van der Waals surface area contributed by atoms with Crippen LogP contribution < -0.4 is 0 Å². The Labute approximate surface area is 86.7 Å². The number of hydrogen-bond acceptors (Lipinski definition) is 1. The molecule has 2 nitrogen and oxygen atoms in total. The maximum absolute atomic E-state index is 10.8. The van der Waals surface area contributed by atoms with Gasteiger partial charge in [-0.2, -0.15) is 0 Å². The number of hydrogen-bond donors (Lipinski definition) is 1. The largest absolute Gasteiger partial charge is 0.481 e. The number of carbonyl (C=O) groups is 1. The Kier molecular flexibility index (Phi) is 3.23. The average molecular weight is 198 g/mol. The Hall–Kier alpha value is -0.530. The Morgan fingerprint density at radius 3 is 2.07 bits per heavy atom. The van der Waals surface area contributed by atoms with Crippen LogP contribution in [0, 0.1) is 10.8 Å². The van der Waals surface area contributed by atoms with Crippen molar-refractivity contribution in [3.8, 4) is 0 Å². The summed E-state index contributed by atoms with van der Waals surface area (Å²) in [6.07, 6.45) is 5.89. The van der Waals surface area contributed by atoms with Crippen molar-refractivity contribution >= 4 is 5.97 Å². The molecule has 2 heteroatoms. The molecule has 0 saturated heterocycles. The number of carboxylic acid groups (broad SMARTS) is 1. The van der Waals surface area contributed by atoms with Gasteiger partial charge in [-0.1, -0.05) is 20.8 Å². The van der Waals surface area contributed by atoms with Gasteiger partial charge in [0, 0.05) is 0 Å². The highest BCUT2D eigenvalue weighted by Crippen LogP contribution is 2.48. The van der Waals surface area contributed by atoms with Crippen LogP contribution in [0.3, 0.4) is 0 Å². The van der Waals surface area contributed by atoms with Crippen LogP contribution in [0.2, 0.25) is 0 Å². The molecule has 0 heterocycles. The topological polar surface area (TPSA) is 37.3 Å². The van der Waals surface area contributed by atoms with Crippen molar-refractivity contribution in [1.82, 2.24) is 0 Å². The molecule has 1 saturated carbocycles. The summed E-state index contributed by atoms with van der Waals surface area (Å²) in [6, 6.07) is 0. The lowest BCUT2D eigenvalue weighted by Crippen LogP contribution is -2.32. The second-order valence-corrected chi connectivity index (χ2v) is 5.59. The monoisotopic (exact) mass is 198 g/mol. The van der Waals surface area contributed by atoms with Gasteiger partial charge in [0.05, 0.1) is 6.42 Å². The van der Waals surface area contributed by atoms with Crippen molar-refractivity contribution in [3.63, 3.8) is 0 Å². The fourth-order valence-electron chi connectivity index (χ4n) is 2.43. The first kappa shape index (κ1) is 11.5. The fraction of sp³-hybridized carbons (Fsp3) is 0.917. The van der Waals surface area contributed by atoms with E-state index in [1.54, 1.807) is 0 Å². The smallest absolute Gasteiger partial charge is 0.303 e. The summed E-state index contributed by atoms with van der Waals surface area (Å²) in [5.41, 5.74) is 0.526. The molecule has 1 aliphatic rings. The molecule has 1 aliphatic carbocycles. The Morgan fingerprint density at radius 1 is 1.21 bits per heavy atom. The molecule has 0 aromatic heterocycles. The van der Waals surface area contributed by atoms with Crippen LogP contribution in [-0.2, 0) is 4.79 Å². The fourth-order valence-corrected chi connectivity index (χ4v) is 2.43. The summed E-state index contributed by atoms with van der Waals surface area (Å²) >= 11 is 0. The minimum absolute atomic E-state index is 0.0986. The summed E-state index contributed by atoms with van der Waals surface area (Å²) in [6.45, 7) is 6.70. The molecule has 1 rings (SSSR count). The first-order chi connectivity index (χ1) is 6.39. The molecule has 0 aromatic rings. The van der Waals surface area contributed by atoms with E-state index in [-0.39, 0.29) is 5.41 Å². The van der Waals surface area contributed by atoms with Gasteiger partial charge in [0.2, 0.25) is 0 Å². The third-order valence-electron chi connectivity index (χ3n) is 3.94. The van der Waals surface area contributed by atoms with Crippen LogP contribution in [0.1, 0.15) is 59.3 Å². The van der Waals surface area contributed by atoms with Gasteiger partial charge in [0.15, 0.2) is 0 Å². The second kappa shape index (κ2) is 3.92. The summed E-state index contributed by atoms with van der Waals surface area (Å²) in [4.78, 5) is 10.8. The van der Waals surface area contributed by atoms with Gasteiger partial charge >= 0.3 is 5.97 Å². The lowest BCUT2D eigenvalue weighted by molar-refractivity contribution is -0.141. The molecule has 0 atom stereocenters. The van der Waals surface area contributed by atoms with E-state index in [4.69, 9.17) is 5.11 Å². The molecule has 0 aliphatic heterocycles. The molecule has 0 aromatic carbocycles.